The molecule has 5 heteroatoms. The van der Waals surface area contributed by atoms with Crippen LogP contribution < -0.4 is 5.32 Å². The molecule has 0 atom stereocenters. The van der Waals surface area contributed by atoms with Crippen LogP contribution in [0.25, 0.3) is 0 Å². The number of nitrogens with zero attached hydrogens (tertiary/aromatic N) is 2. The van der Waals surface area contributed by atoms with Gasteiger partial charge in [0.2, 0.25) is 0 Å². The first kappa shape index (κ1) is 16.8. The highest BCUT2D eigenvalue weighted by atomic mass is 35.5. The molecule has 1 N–H and O–H groups in total. The molecule has 2 aromatic rings. The Morgan fingerprint density at radius 3 is 2.54 bits per heavy atom. The summed E-state index contributed by atoms with van der Waals surface area (Å²) in [5.41, 5.74) is 3.33. The van der Waals surface area contributed by atoms with E-state index < -0.39 is 0 Å². The summed E-state index contributed by atoms with van der Waals surface area (Å²) < 4.78 is 0. The number of rotatable bonds is 3. The number of aryl methyl sites for hydroxylation is 1. The number of hydrogen-bond donors (Lipinski definition) is 1. The molecular weight excluding hydrogens is 322 g/mol. The van der Waals surface area contributed by atoms with Gasteiger partial charge in [-0.3, -0.25) is 9.78 Å². The van der Waals surface area contributed by atoms with Crippen LogP contribution in [0.2, 0.25) is 5.02 Å². The third-order valence-electron chi connectivity index (χ3n) is 4.34. The number of hydrogen-bond acceptors (Lipinski definition) is 3. The predicted molar refractivity (Wildman–Crippen MR) is 98.1 cm³/mol. The zero-order valence-electron chi connectivity index (χ0n) is 13.9. The second-order valence-corrected chi connectivity index (χ2v) is 6.66. The molecular formula is C19H22ClN3O. The van der Waals surface area contributed by atoms with Crippen molar-refractivity contribution < 1.29 is 4.79 Å². The average molecular weight is 344 g/mol. The molecule has 0 radical (unpaired) electrons. The first-order valence-corrected chi connectivity index (χ1v) is 8.79. The number of nitrogens with one attached hydrogen (secondary N) is 1. The van der Waals surface area contributed by atoms with Gasteiger partial charge >= 0.3 is 0 Å². The van der Waals surface area contributed by atoms with Crippen LogP contribution in [0.15, 0.2) is 36.7 Å². The Labute approximate surface area is 147 Å². The highest BCUT2D eigenvalue weighted by Crippen LogP contribution is 2.23. The summed E-state index contributed by atoms with van der Waals surface area (Å²) in [5, 5.41) is 3.98. The topological polar surface area (TPSA) is 45.2 Å². The lowest BCUT2D eigenvalue weighted by atomic mass is 10.2. The lowest BCUT2D eigenvalue weighted by molar-refractivity contribution is 0.0761. The van der Waals surface area contributed by atoms with Gasteiger partial charge in [-0.1, -0.05) is 30.5 Å². The smallest absolute Gasteiger partial charge is 0.255 e. The largest absolute Gasteiger partial charge is 0.354 e. The monoisotopic (exact) mass is 343 g/mol. The molecule has 1 aromatic heterocycles. The number of pyridine rings is 1. The van der Waals surface area contributed by atoms with E-state index in [-0.39, 0.29) is 5.91 Å². The molecule has 1 saturated heterocycles. The van der Waals surface area contributed by atoms with Crippen LogP contribution in [-0.4, -0.2) is 28.9 Å². The number of carbonyl (C=O) groups is 1. The van der Waals surface area contributed by atoms with Gasteiger partial charge in [0, 0.05) is 30.0 Å². The molecule has 1 aliphatic rings. The maximum absolute atomic E-state index is 12.7. The molecule has 0 spiro atoms. The Kier molecular flexibility index (Phi) is 5.36. The van der Waals surface area contributed by atoms with E-state index in [0.29, 0.717) is 10.6 Å². The maximum atomic E-state index is 12.7. The predicted octanol–water partition coefficient (Wildman–Crippen LogP) is 4.80. The van der Waals surface area contributed by atoms with E-state index in [2.05, 4.69) is 10.3 Å². The number of likely N-dealkylation sites (tertiary alicyclic amines) is 1. The van der Waals surface area contributed by atoms with Crippen molar-refractivity contribution in [1.82, 2.24) is 9.88 Å². The lowest BCUT2D eigenvalue weighted by Gasteiger charge is -2.20. The molecule has 3 rings (SSSR count). The zero-order chi connectivity index (χ0) is 16.9. The van der Waals surface area contributed by atoms with E-state index in [1.165, 1.54) is 12.8 Å². The average Bonchev–Trinajstić information content (AvgIpc) is 2.87. The van der Waals surface area contributed by atoms with E-state index >= 15 is 0 Å². The van der Waals surface area contributed by atoms with Crippen molar-refractivity contribution in [3.8, 4) is 0 Å². The van der Waals surface area contributed by atoms with E-state index in [1.807, 2.05) is 36.1 Å². The lowest BCUT2D eigenvalue weighted by Crippen LogP contribution is -2.31. The molecule has 1 aromatic carbocycles. The minimum absolute atomic E-state index is 0.0648. The summed E-state index contributed by atoms with van der Waals surface area (Å²) in [6.07, 6.45) is 7.93. The van der Waals surface area contributed by atoms with Crippen molar-refractivity contribution in [3.63, 3.8) is 0 Å². The number of anilines is 2. The number of halogens is 1. The fourth-order valence-electron chi connectivity index (χ4n) is 2.92. The van der Waals surface area contributed by atoms with Crippen molar-refractivity contribution in [2.24, 2.45) is 0 Å². The highest BCUT2D eigenvalue weighted by Gasteiger charge is 2.17. The van der Waals surface area contributed by atoms with Gasteiger partial charge in [0.15, 0.2) is 0 Å². The van der Waals surface area contributed by atoms with Crippen LogP contribution >= 0.6 is 11.6 Å². The Morgan fingerprint density at radius 1 is 1.08 bits per heavy atom. The maximum Gasteiger partial charge on any atom is 0.255 e. The van der Waals surface area contributed by atoms with Gasteiger partial charge < -0.3 is 10.2 Å². The summed E-state index contributed by atoms with van der Waals surface area (Å²) in [4.78, 5) is 18.9. The van der Waals surface area contributed by atoms with Crippen molar-refractivity contribution in [3.05, 3.63) is 52.8 Å². The van der Waals surface area contributed by atoms with Crippen LogP contribution in [0, 0.1) is 6.92 Å². The highest BCUT2D eigenvalue weighted by molar-refractivity contribution is 6.31. The number of amides is 1. The SMILES string of the molecule is Cc1ccc(Nc2cncc(C(=O)N3CCCCCC3)c2)cc1Cl. The van der Waals surface area contributed by atoms with E-state index in [4.69, 9.17) is 11.6 Å². The van der Waals surface area contributed by atoms with Crippen molar-refractivity contribution in [2.75, 3.05) is 18.4 Å². The minimum Gasteiger partial charge on any atom is -0.354 e. The Bertz CT molecular complexity index is 724. The molecule has 2 heterocycles. The fourth-order valence-corrected chi connectivity index (χ4v) is 3.10. The van der Waals surface area contributed by atoms with Crippen molar-refractivity contribution in [2.45, 2.75) is 32.6 Å². The second kappa shape index (κ2) is 7.67. The first-order valence-electron chi connectivity index (χ1n) is 8.41. The van der Waals surface area contributed by atoms with Gasteiger partial charge in [-0.05, 0) is 43.5 Å². The quantitative estimate of drug-likeness (QED) is 0.870. The van der Waals surface area contributed by atoms with Crippen LogP contribution in [-0.2, 0) is 0 Å². The molecule has 0 saturated carbocycles. The second-order valence-electron chi connectivity index (χ2n) is 6.26. The van der Waals surface area contributed by atoms with E-state index in [0.717, 1.165) is 42.9 Å². The van der Waals surface area contributed by atoms with Crippen LogP contribution in [0.4, 0.5) is 11.4 Å². The molecule has 0 bridgehead atoms. The van der Waals surface area contributed by atoms with Crippen LogP contribution in [0.3, 0.4) is 0 Å². The summed E-state index contributed by atoms with van der Waals surface area (Å²) >= 11 is 6.16. The van der Waals surface area contributed by atoms with Crippen molar-refractivity contribution >= 4 is 28.9 Å². The van der Waals surface area contributed by atoms with Gasteiger partial charge in [-0.15, -0.1) is 0 Å². The van der Waals surface area contributed by atoms with Gasteiger partial charge in [-0.25, -0.2) is 0 Å². The third-order valence-corrected chi connectivity index (χ3v) is 4.75. The molecule has 1 amide bonds. The minimum atomic E-state index is 0.0648. The van der Waals surface area contributed by atoms with Crippen LogP contribution in [0.1, 0.15) is 41.6 Å². The van der Waals surface area contributed by atoms with E-state index in [1.54, 1.807) is 12.4 Å². The van der Waals surface area contributed by atoms with Gasteiger partial charge in [0.25, 0.3) is 5.91 Å². The summed E-state index contributed by atoms with van der Waals surface area (Å²) in [5.74, 6) is 0.0648. The standard InChI is InChI=1S/C19H22ClN3O/c1-14-6-7-16(11-18(14)20)22-17-10-15(12-21-13-17)19(24)23-8-4-2-3-5-9-23/h6-7,10-13,22H,2-5,8-9H2,1H3. The summed E-state index contributed by atoms with van der Waals surface area (Å²) in [7, 11) is 0. The third kappa shape index (κ3) is 4.06. The van der Waals surface area contributed by atoms with Gasteiger partial charge in [0.05, 0.1) is 17.4 Å². The first-order chi connectivity index (χ1) is 11.6. The summed E-state index contributed by atoms with van der Waals surface area (Å²) in [6, 6.07) is 7.66. The number of benzene rings is 1. The molecule has 1 aliphatic heterocycles. The van der Waals surface area contributed by atoms with Crippen LogP contribution in [0.5, 0.6) is 0 Å². The summed E-state index contributed by atoms with van der Waals surface area (Å²) in [6.45, 7) is 3.64. The molecule has 1 fully saturated rings. The van der Waals surface area contributed by atoms with Gasteiger partial charge in [-0.2, -0.15) is 0 Å². The molecule has 0 unspecified atom stereocenters. The fraction of sp³-hybridized carbons (Fsp3) is 0.368. The Morgan fingerprint density at radius 2 is 1.83 bits per heavy atom. The molecule has 24 heavy (non-hydrogen) atoms. The zero-order valence-corrected chi connectivity index (χ0v) is 14.6. The normalized spacial score (nSPS) is 15.0. The molecule has 126 valence electrons. The number of aromatic nitrogens is 1. The van der Waals surface area contributed by atoms with Gasteiger partial charge in [0.1, 0.15) is 0 Å². The number of carbonyl (C=O) groups excluding carboxylic acids is 1. The Balaban J connectivity index is 1.75. The van der Waals surface area contributed by atoms with Crippen molar-refractivity contribution in [1.29, 1.82) is 0 Å². The molecule has 4 nitrogen and oxygen atoms in total. The molecule has 0 aliphatic carbocycles. The van der Waals surface area contributed by atoms with E-state index in [9.17, 15) is 4.79 Å². The Hall–Kier alpha value is -2.07.